The Bertz CT molecular complexity index is 624. The number of benzene rings is 2. The van der Waals surface area contributed by atoms with E-state index in [-0.39, 0.29) is 0 Å². The van der Waals surface area contributed by atoms with Crippen LogP contribution < -0.4 is 0 Å². The second-order valence-electron chi connectivity index (χ2n) is 4.62. The number of rotatable bonds is 0. The van der Waals surface area contributed by atoms with Crippen LogP contribution in [-0.2, 0) is 23.2 Å². The number of hydrogen-bond donors (Lipinski definition) is 2. The maximum Gasteiger partial charge on any atom is 0.394 e. The Hall–Kier alpha value is -1.43. The molecule has 0 aliphatic heterocycles. The van der Waals surface area contributed by atoms with Gasteiger partial charge in [0.2, 0.25) is 0 Å². The SMILES string of the molecule is O=S(=O)(O)O.c1ccc2cc3c(cc2c1)CCCC3. The van der Waals surface area contributed by atoms with Crippen LogP contribution in [0, 0.1) is 0 Å². The standard InChI is InChI=1S/C14H14.H2O4S/c1-2-6-12-10-14-8-4-3-7-13(14)9-11(12)5-1;1-5(2,3)4/h1-2,5-6,9-10H,3-4,7-8H2;(H2,1,2,3,4). The van der Waals surface area contributed by atoms with Gasteiger partial charge in [0.25, 0.3) is 0 Å². The molecule has 0 saturated carbocycles. The Morgan fingerprint density at radius 3 is 1.58 bits per heavy atom. The second-order valence-corrected chi connectivity index (χ2v) is 5.52. The lowest BCUT2D eigenvalue weighted by Gasteiger charge is -2.16. The molecule has 5 heteroatoms. The molecule has 0 fully saturated rings. The van der Waals surface area contributed by atoms with Crippen LogP contribution in [0.15, 0.2) is 36.4 Å². The molecule has 0 atom stereocenters. The van der Waals surface area contributed by atoms with Crippen molar-refractivity contribution < 1.29 is 17.5 Å². The molecule has 2 aromatic carbocycles. The maximum absolute atomic E-state index is 8.74. The fraction of sp³-hybridized carbons (Fsp3) is 0.286. The van der Waals surface area contributed by atoms with Gasteiger partial charge in [0.15, 0.2) is 0 Å². The van der Waals surface area contributed by atoms with E-state index in [0.717, 1.165) is 0 Å². The van der Waals surface area contributed by atoms with Gasteiger partial charge < -0.3 is 0 Å². The molecule has 0 heterocycles. The zero-order chi connectivity index (χ0) is 13.9. The van der Waals surface area contributed by atoms with E-state index < -0.39 is 10.4 Å². The minimum atomic E-state index is -4.67. The Morgan fingerprint density at radius 2 is 1.21 bits per heavy atom. The van der Waals surface area contributed by atoms with E-state index in [0.29, 0.717) is 0 Å². The van der Waals surface area contributed by atoms with Gasteiger partial charge in [0.05, 0.1) is 0 Å². The van der Waals surface area contributed by atoms with Gasteiger partial charge in [-0.15, -0.1) is 0 Å². The molecular weight excluding hydrogens is 264 g/mol. The normalized spacial score (nSPS) is 14.4. The van der Waals surface area contributed by atoms with Crippen molar-refractivity contribution in [3.8, 4) is 0 Å². The van der Waals surface area contributed by atoms with Crippen molar-refractivity contribution in [1.82, 2.24) is 0 Å². The summed E-state index contributed by atoms with van der Waals surface area (Å²) in [4.78, 5) is 0. The lowest BCUT2D eigenvalue weighted by atomic mass is 9.89. The van der Waals surface area contributed by atoms with E-state index in [4.69, 9.17) is 17.5 Å². The van der Waals surface area contributed by atoms with E-state index >= 15 is 0 Å². The van der Waals surface area contributed by atoms with Gasteiger partial charge in [0, 0.05) is 0 Å². The second kappa shape index (κ2) is 5.69. The molecule has 1 aliphatic rings. The summed E-state index contributed by atoms with van der Waals surface area (Å²) >= 11 is 0. The first-order chi connectivity index (χ1) is 8.93. The van der Waals surface area contributed by atoms with Crippen LogP contribution >= 0.6 is 0 Å². The highest BCUT2D eigenvalue weighted by atomic mass is 32.3. The van der Waals surface area contributed by atoms with Crippen molar-refractivity contribution in [3.63, 3.8) is 0 Å². The molecule has 1 aliphatic carbocycles. The zero-order valence-electron chi connectivity index (χ0n) is 10.4. The van der Waals surface area contributed by atoms with Crippen molar-refractivity contribution in [2.24, 2.45) is 0 Å². The van der Waals surface area contributed by atoms with E-state index in [2.05, 4.69) is 36.4 Å². The summed E-state index contributed by atoms with van der Waals surface area (Å²) < 4.78 is 31.6. The predicted molar refractivity (Wildman–Crippen MR) is 74.8 cm³/mol. The molecule has 0 unspecified atom stereocenters. The highest BCUT2D eigenvalue weighted by Crippen LogP contribution is 2.26. The van der Waals surface area contributed by atoms with E-state index in [1.54, 1.807) is 11.1 Å². The van der Waals surface area contributed by atoms with Crippen LogP contribution in [0.4, 0.5) is 0 Å². The number of hydrogen-bond acceptors (Lipinski definition) is 2. The molecule has 0 amide bonds. The van der Waals surface area contributed by atoms with Gasteiger partial charge in [-0.25, -0.2) is 0 Å². The van der Waals surface area contributed by atoms with Gasteiger partial charge in [-0.1, -0.05) is 36.4 Å². The monoisotopic (exact) mass is 280 g/mol. The summed E-state index contributed by atoms with van der Waals surface area (Å²) in [6, 6.07) is 13.4. The fourth-order valence-corrected chi connectivity index (χ4v) is 2.43. The summed E-state index contributed by atoms with van der Waals surface area (Å²) in [5.74, 6) is 0. The van der Waals surface area contributed by atoms with Crippen LogP contribution in [0.1, 0.15) is 24.0 Å². The number of fused-ring (bicyclic) bond motifs is 2. The minimum Gasteiger partial charge on any atom is -0.264 e. The first-order valence-electron chi connectivity index (χ1n) is 6.14. The third-order valence-electron chi connectivity index (χ3n) is 3.21. The van der Waals surface area contributed by atoms with Crippen molar-refractivity contribution >= 4 is 21.2 Å². The minimum absolute atomic E-state index is 1.28. The topological polar surface area (TPSA) is 74.6 Å². The molecule has 0 saturated heterocycles. The van der Waals surface area contributed by atoms with Gasteiger partial charge in [-0.2, -0.15) is 8.42 Å². The van der Waals surface area contributed by atoms with Crippen LogP contribution in [0.25, 0.3) is 10.8 Å². The highest BCUT2D eigenvalue weighted by Gasteiger charge is 2.09. The van der Waals surface area contributed by atoms with Gasteiger partial charge in [0.1, 0.15) is 0 Å². The summed E-state index contributed by atoms with van der Waals surface area (Å²) in [5.41, 5.74) is 3.16. The molecule has 102 valence electrons. The molecule has 3 rings (SSSR count). The van der Waals surface area contributed by atoms with Crippen LogP contribution in [0.2, 0.25) is 0 Å². The van der Waals surface area contributed by atoms with Crippen LogP contribution in [-0.4, -0.2) is 17.5 Å². The van der Waals surface area contributed by atoms with Crippen LogP contribution in [0.3, 0.4) is 0 Å². The lowest BCUT2D eigenvalue weighted by molar-refractivity contribution is 0.381. The third-order valence-corrected chi connectivity index (χ3v) is 3.21. The maximum atomic E-state index is 8.74. The first-order valence-corrected chi connectivity index (χ1v) is 7.53. The van der Waals surface area contributed by atoms with Crippen molar-refractivity contribution in [3.05, 3.63) is 47.5 Å². The summed E-state index contributed by atoms with van der Waals surface area (Å²) in [6.07, 6.45) is 5.29. The van der Waals surface area contributed by atoms with Gasteiger partial charge in [-0.05, 0) is 47.6 Å². The Morgan fingerprint density at radius 1 is 0.842 bits per heavy atom. The quantitative estimate of drug-likeness (QED) is 0.727. The Balaban J connectivity index is 0.000000232. The van der Waals surface area contributed by atoms with Crippen molar-refractivity contribution in [1.29, 1.82) is 0 Å². The zero-order valence-corrected chi connectivity index (χ0v) is 11.2. The van der Waals surface area contributed by atoms with E-state index in [9.17, 15) is 0 Å². The molecular formula is C14H16O4S. The highest BCUT2D eigenvalue weighted by molar-refractivity contribution is 7.79. The molecule has 0 bridgehead atoms. The fourth-order valence-electron chi connectivity index (χ4n) is 2.43. The summed E-state index contributed by atoms with van der Waals surface area (Å²) in [5, 5.41) is 2.79. The number of aryl methyl sites for hydroxylation is 2. The van der Waals surface area contributed by atoms with E-state index in [1.165, 1.54) is 36.5 Å². The predicted octanol–water partition coefficient (Wildman–Crippen LogP) is 3.07. The van der Waals surface area contributed by atoms with Gasteiger partial charge >= 0.3 is 10.4 Å². The first kappa shape index (κ1) is 14.0. The molecule has 0 radical (unpaired) electrons. The van der Waals surface area contributed by atoms with Crippen molar-refractivity contribution in [2.75, 3.05) is 0 Å². The van der Waals surface area contributed by atoms with Gasteiger partial charge in [-0.3, -0.25) is 9.11 Å². The Kier molecular flexibility index (Phi) is 4.19. The van der Waals surface area contributed by atoms with E-state index in [1.807, 2.05) is 0 Å². The molecule has 0 aromatic heterocycles. The molecule has 2 aromatic rings. The molecule has 2 N–H and O–H groups in total. The third kappa shape index (κ3) is 4.31. The summed E-state index contributed by atoms with van der Waals surface area (Å²) in [7, 11) is -4.67. The average Bonchev–Trinajstić information content (AvgIpc) is 2.34. The largest absolute Gasteiger partial charge is 0.394 e. The molecule has 4 nitrogen and oxygen atoms in total. The molecule has 19 heavy (non-hydrogen) atoms. The lowest BCUT2D eigenvalue weighted by Crippen LogP contribution is -2.01. The smallest absolute Gasteiger partial charge is 0.264 e. The Labute approximate surface area is 112 Å². The molecule has 0 spiro atoms. The van der Waals surface area contributed by atoms with Crippen LogP contribution in [0.5, 0.6) is 0 Å². The average molecular weight is 280 g/mol. The summed E-state index contributed by atoms with van der Waals surface area (Å²) in [6.45, 7) is 0. The van der Waals surface area contributed by atoms with Crippen molar-refractivity contribution in [2.45, 2.75) is 25.7 Å².